The first-order valence-electron chi connectivity index (χ1n) is 6.16. The second kappa shape index (κ2) is 5.96. The number of amides is 2. The van der Waals surface area contributed by atoms with Crippen molar-refractivity contribution in [2.45, 2.75) is 0 Å². The van der Waals surface area contributed by atoms with Gasteiger partial charge in [0.25, 0.3) is 11.8 Å². The summed E-state index contributed by atoms with van der Waals surface area (Å²) in [6, 6.07) is 10.8. The summed E-state index contributed by atoms with van der Waals surface area (Å²) in [6.45, 7) is 0. The number of hydrogen-bond donors (Lipinski definition) is 3. The SMILES string of the molecule is COc1ccc(C(=O)NC(=O)c2ccc(N)cc2)cc1N. The van der Waals surface area contributed by atoms with Gasteiger partial charge in [0.15, 0.2) is 0 Å². The van der Waals surface area contributed by atoms with E-state index in [2.05, 4.69) is 5.32 Å². The molecule has 2 aromatic rings. The molecule has 0 aliphatic rings. The summed E-state index contributed by atoms with van der Waals surface area (Å²) < 4.78 is 5.01. The average molecular weight is 285 g/mol. The Labute approximate surface area is 121 Å². The Balaban J connectivity index is 2.12. The quantitative estimate of drug-likeness (QED) is 0.584. The molecule has 0 bridgehead atoms. The molecule has 0 aromatic heterocycles. The van der Waals surface area contributed by atoms with Crippen LogP contribution in [0.25, 0.3) is 0 Å². The molecule has 2 amide bonds. The molecule has 6 nitrogen and oxygen atoms in total. The van der Waals surface area contributed by atoms with Gasteiger partial charge in [-0.2, -0.15) is 0 Å². The summed E-state index contributed by atoms with van der Waals surface area (Å²) in [4.78, 5) is 23.9. The number of methoxy groups -OCH3 is 1. The third-order valence-corrected chi connectivity index (χ3v) is 2.89. The fraction of sp³-hybridized carbons (Fsp3) is 0.0667. The topological polar surface area (TPSA) is 107 Å². The molecule has 5 N–H and O–H groups in total. The highest BCUT2D eigenvalue weighted by molar-refractivity contribution is 6.10. The zero-order chi connectivity index (χ0) is 15.4. The monoisotopic (exact) mass is 285 g/mol. The van der Waals surface area contributed by atoms with Gasteiger partial charge in [-0.15, -0.1) is 0 Å². The normalized spacial score (nSPS) is 9.95. The molecule has 0 aliphatic heterocycles. The van der Waals surface area contributed by atoms with Crippen LogP contribution in [-0.2, 0) is 0 Å². The molecule has 2 aromatic carbocycles. The summed E-state index contributed by atoms with van der Waals surface area (Å²) >= 11 is 0. The Morgan fingerprint density at radius 2 is 1.52 bits per heavy atom. The summed E-state index contributed by atoms with van der Waals surface area (Å²) in [7, 11) is 1.48. The molecule has 2 rings (SSSR count). The number of nitrogens with one attached hydrogen (secondary N) is 1. The number of ether oxygens (including phenoxy) is 1. The van der Waals surface area contributed by atoms with Crippen molar-refractivity contribution in [3.8, 4) is 5.75 Å². The Morgan fingerprint density at radius 1 is 0.952 bits per heavy atom. The van der Waals surface area contributed by atoms with Gasteiger partial charge >= 0.3 is 0 Å². The van der Waals surface area contributed by atoms with E-state index in [4.69, 9.17) is 16.2 Å². The minimum atomic E-state index is -0.536. The standard InChI is InChI=1S/C15H15N3O3/c1-21-13-7-4-10(8-12(13)17)15(20)18-14(19)9-2-5-11(16)6-3-9/h2-8H,16-17H2,1H3,(H,18,19,20). The van der Waals surface area contributed by atoms with E-state index in [0.29, 0.717) is 22.7 Å². The lowest BCUT2D eigenvalue weighted by molar-refractivity contribution is 0.0849. The van der Waals surface area contributed by atoms with Crippen LogP contribution >= 0.6 is 0 Å². The van der Waals surface area contributed by atoms with Gasteiger partial charge in [0.05, 0.1) is 12.8 Å². The summed E-state index contributed by atoms with van der Waals surface area (Å²) in [6.07, 6.45) is 0. The predicted molar refractivity (Wildman–Crippen MR) is 80.1 cm³/mol. The minimum Gasteiger partial charge on any atom is -0.495 e. The van der Waals surface area contributed by atoms with Crippen molar-refractivity contribution < 1.29 is 14.3 Å². The number of imide groups is 1. The number of carbonyl (C=O) groups is 2. The van der Waals surface area contributed by atoms with E-state index in [9.17, 15) is 9.59 Å². The third kappa shape index (κ3) is 3.30. The van der Waals surface area contributed by atoms with Gasteiger partial charge < -0.3 is 16.2 Å². The molecule has 0 atom stereocenters. The largest absolute Gasteiger partial charge is 0.495 e. The van der Waals surface area contributed by atoms with E-state index in [-0.39, 0.29) is 5.56 Å². The molecule has 0 aliphatic carbocycles. The Kier molecular flexibility index (Phi) is 4.08. The van der Waals surface area contributed by atoms with Gasteiger partial charge in [0.1, 0.15) is 5.75 Å². The van der Waals surface area contributed by atoms with Gasteiger partial charge in [-0.3, -0.25) is 14.9 Å². The van der Waals surface area contributed by atoms with Gasteiger partial charge in [-0.1, -0.05) is 0 Å². The highest BCUT2D eigenvalue weighted by Gasteiger charge is 2.13. The number of nitrogens with two attached hydrogens (primary N) is 2. The van der Waals surface area contributed by atoms with Crippen molar-refractivity contribution >= 4 is 23.2 Å². The van der Waals surface area contributed by atoms with Crippen LogP contribution in [-0.4, -0.2) is 18.9 Å². The summed E-state index contributed by atoms with van der Waals surface area (Å²) in [5.74, 6) is -0.572. The maximum Gasteiger partial charge on any atom is 0.258 e. The molecule has 21 heavy (non-hydrogen) atoms. The molecule has 0 spiro atoms. The van der Waals surface area contributed by atoms with E-state index in [1.165, 1.54) is 19.2 Å². The van der Waals surface area contributed by atoms with Crippen molar-refractivity contribution in [2.75, 3.05) is 18.6 Å². The zero-order valence-electron chi connectivity index (χ0n) is 11.4. The van der Waals surface area contributed by atoms with Crippen LogP contribution in [0, 0.1) is 0 Å². The number of carbonyl (C=O) groups excluding carboxylic acids is 2. The van der Waals surface area contributed by atoms with Crippen LogP contribution in [0.5, 0.6) is 5.75 Å². The fourth-order valence-corrected chi connectivity index (χ4v) is 1.76. The smallest absolute Gasteiger partial charge is 0.258 e. The van der Waals surface area contributed by atoms with E-state index < -0.39 is 11.8 Å². The van der Waals surface area contributed by atoms with E-state index in [1.807, 2.05) is 0 Å². The van der Waals surface area contributed by atoms with Gasteiger partial charge in [-0.05, 0) is 42.5 Å². The summed E-state index contributed by atoms with van der Waals surface area (Å²) in [5.41, 5.74) is 12.8. The number of benzene rings is 2. The zero-order valence-corrected chi connectivity index (χ0v) is 11.4. The molecule has 0 unspecified atom stereocenters. The van der Waals surface area contributed by atoms with Crippen LogP contribution in [0.15, 0.2) is 42.5 Å². The third-order valence-electron chi connectivity index (χ3n) is 2.89. The second-order valence-corrected chi connectivity index (χ2v) is 4.36. The van der Waals surface area contributed by atoms with Gasteiger partial charge in [0, 0.05) is 16.8 Å². The number of anilines is 2. The molecule has 0 fully saturated rings. The van der Waals surface area contributed by atoms with Crippen molar-refractivity contribution in [3.05, 3.63) is 53.6 Å². The first-order valence-corrected chi connectivity index (χ1v) is 6.16. The molecular formula is C15H15N3O3. The molecule has 0 heterocycles. The van der Waals surface area contributed by atoms with Crippen molar-refractivity contribution in [2.24, 2.45) is 0 Å². The lowest BCUT2D eigenvalue weighted by Crippen LogP contribution is -2.30. The molecule has 0 saturated heterocycles. The highest BCUT2D eigenvalue weighted by Crippen LogP contribution is 2.21. The lowest BCUT2D eigenvalue weighted by atomic mass is 10.1. The Bertz CT molecular complexity index is 681. The average Bonchev–Trinajstić information content (AvgIpc) is 2.47. The maximum absolute atomic E-state index is 12.0. The maximum atomic E-state index is 12.0. The van der Waals surface area contributed by atoms with Crippen LogP contribution in [0.3, 0.4) is 0 Å². The lowest BCUT2D eigenvalue weighted by Gasteiger charge is -2.08. The second-order valence-electron chi connectivity index (χ2n) is 4.36. The van der Waals surface area contributed by atoms with Crippen LogP contribution in [0.2, 0.25) is 0 Å². The molecule has 108 valence electrons. The fourth-order valence-electron chi connectivity index (χ4n) is 1.76. The van der Waals surface area contributed by atoms with Gasteiger partial charge in [-0.25, -0.2) is 0 Å². The summed E-state index contributed by atoms with van der Waals surface area (Å²) in [5, 5.41) is 2.28. The first kappa shape index (κ1) is 14.4. The molecule has 6 heteroatoms. The molecular weight excluding hydrogens is 270 g/mol. The van der Waals surface area contributed by atoms with E-state index >= 15 is 0 Å². The van der Waals surface area contributed by atoms with Crippen LogP contribution in [0.1, 0.15) is 20.7 Å². The van der Waals surface area contributed by atoms with Crippen LogP contribution < -0.4 is 21.5 Å². The van der Waals surface area contributed by atoms with Crippen molar-refractivity contribution in [3.63, 3.8) is 0 Å². The number of rotatable bonds is 3. The number of hydrogen-bond acceptors (Lipinski definition) is 5. The van der Waals surface area contributed by atoms with Gasteiger partial charge in [0.2, 0.25) is 0 Å². The van der Waals surface area contributed by atoms with E-state index in [0.717, 1.165) is 0 Å². The Hall–Kier alpha value is -3.02. The van der Waals surface area contributed by atoms with E-state index in [1.54, 1.807) is 30.3 Å². The highest BCUT2D eigenvalue weighted by atomic mass is 16.5. The molecule has 0 saturated carbocycles. The first-order chi connectivity index (χ1) is 10.0. The van der Waals surface area contributed by atoms with Crippen LogP contribution in [0.4, 0.5) is 11.4 Å². The number of nitrogen functional groups attached to an aromatic ring is 2. The predicted octanol–water partition coefficient (Wildman–Crippen LogP) is 1.43. The molecule has 0 radical (unpaired) electrons. The minimum absolute atomic E-state index is 0.275. The van der Waals surface area contributed by atoms with Crippen molar-refractivity contribution in [1.82, 2.24) is 5.32 Å². The van der Waals surface area contributed by atoms with Crippen molar-refractivity contribution in [1.29, 1.82) is 0 Å². The Morgan fingerprint density at radius 3 is 2.10 bits per heavy atom.